The number of nitrogens with zero attached hydrogens (tertiary/aromatic N) is 3. The van der Waals surface area contributed by atoms with Crippen molar-refractivity contribution in [1.29, 1.82) is 0 Å². The molecule has 1 atom stereocenters. The van der Waals surface area contributed by atoms with Crippen molar-refractivity contribution in [1.82, 2.24) is 20.0 Å². The highest BCUT2D eigenvalue weighted by atomic mass is 15.3. The number of hydrogen-bond acceptors (Lipinski definition) is 3. The first-order valence-corrected chi connectivity index (χ1v) is 8.35. The fourth-order valence-electron chi connectivity index (χ4n) is 3.88. The van der Waals surface area contributed by atoms with Crippen LogP contribution in [-0.4, -0.2) is 28.3 Å². The predicted octanol–water partition coefficient (Wildman–Crippen LogP) is 2.50. The minimum atomic E-state index is 0.529. The van der Waals surface area contributed by atoms with Crippen LogP contribution in [0.5, 0.6) is 0 Å². The third-order valence-corrected chi connectivity index (χ3v) is 5.00. The van der Waals surface area contributed by atoms with Gasteiger partial charge in [-0.05, 0) is 43.5 Å². The summed E-state index contributed by atoms with van der Waals surface area (Å²) in [6, 6.07) is 11.7. The molecule has 4 heteroatoms. The Hall–Kier alpha value is -1.65. The highest BCUT2D eigenvalue weighted by Gasteiger charge is 2.24. The van der Waals surface area contributed by atoms with Gasteiger partial charge in [0.25, 0.3) is 0 Å². The zero-order valence-corrected chi connectivity index (χ0v) is 13.3. The maximum Gasteiger partial charge on any atom is 0.0768 e. The van der Waals surface area contributed by atoms with Gasteiger partial charge < -0.3 is 5.32 Å². The number of rotatable bonds is 3. The quantitative estimate of drug-likeness (QED) is 0.944. The topological polar surface area (TPSA) is 33.1 Å². The molecule has 1 aromatic carbocycles. The molecule has 2 aromatic rings. The molecule has 1 aliphatic heterocycles. The van der Waals surface area contributed by atoms with E-state index in [1.54, 1.807) is 0 Å². The lowest BCUT2D eigenvalue weighted by Crippen LogP contribution is -2.28. The minimum Gasteiger partial charge on any atom is -0.309 e. The number of aryl methyl sites for hydroxylation is 1. The van der Waals surface area contributed by atoms with E-state index in [1.165, 1.54) is 41.8 Å². The van der Waals surface area contributed by atoms with Gasteiger partial charge in [0.2, 0.25) is 0 Å². The molecule has 0 fully saturated rings. The molecule has 22 heavy (non-hydrogen) atoms. The van der Waals surface area contributed by atoms with Gasteiger partial charge in [0.15, 0.2) is 0 Å². The Balaban J connectivity index is 1.53. The lowest BCUT2D eigenvalue weighted by molar-refractivity contribution is 0.210. The van der Waals surface area contributed by atoms with E-state index in [0.29, 0.717) is 6.04 Å². The van der Waals surface area contributed by atoms with E-state index in [-0.39, 0.29) is 0 Å². The van der Waals surface area contributed by atoms with Crippen molar-refractivity contribution in [2.24, 2.45) is 0 Å². The standard InChI is InChI=1S/C18H24N4/c1-21(13-15-11-16-12-19-9-10-22(16)20-15)18-8-4-6-14-5-2-3-7-17(14)18/h2-3,5,7,11,18-19H,4,6,8-10,12-13H2,1H3. The fourth-order valence-corrected chi connectivity index (χ4v) is 3.88. The number of benzene rings is 1. The van der Waals surface area contributed by atoms with Gasteiger partial charge >= 0.3 is 0 Å². The second-order valence-corrected chi connectivity index (χ2v) is 6.55. The van der Waals surface area contributed by atoms with Crippen molar-refractivity contribution < 1.29 is 0 Å². The van der Waals surface area contributed by atoms with E-state index >= 15 is 0 Å². The zero-order chi connectivity index (χ0) is 14.9. The van der Waals surface area contributed by atoms with E-state index < -0.39 is 0 Å². The van der Waals surface area contributed by atoms with Crippen molar-refractivity contribution >= 4 is 0 Å². The Morgan fingerprint density at radius 1 is 1.36 bits per heavy atom. The van der Waals surface area contributed by atoms with Gasteiger partial charge in [-0.2, -0.15) is 5.10 Å². The van der Waals surface area contributed by atoms with Crippen LogP contribution in [0, 0.1) is 0 Å². The van der Waals surface area contributed by atoms with Crippen LogP contribution in [0.4, 0.5) is 0 Å². The Morgan fingerprint density at radius 3 is 3.18 bits per heavy atom. The molecular formula is C18H24N4. The molecule has 0 radical (unpaired) electrons. The van der Waals surface area contributed by atoms with Gasteiger partial charge in [-0.3, -0.25) is 9.58 Å². The molecule has 4 nitrogen and oxygen atoms in total. The monoisotopic (exact) mass is 296 g/mol. The van der Waals surface area contributed by atoms with Gasteiger partial charge in [-0.1, -0.05) is 24.3 Å². The summed E-state index contributed by atoms with van der Waals surface area (Å²) in [6.07, 6.45) is 3.77. The highest BCUT2D eigenvalue weighted by Crippen LogP contribution is 2.34. The lowest BCUT2D eigenvalue weighted by atomic mass is 9.87. The predicted molar refractivity (Wildman–Crippen MR) is 87.5 cm³/mol. The zero-order valence-electron chi connectivity index (χ0n) is 13.3. The van der Waals surface area contributed by atoms with Crippen molar-refractivity contribution in [2.45, 2.75) is 44.9 Å². The molecule has 0 amide bonds. The van der Waals surface area contributed by atoms with Crippen LogP contribution < -0.4 is 5.32 Å². The second-order valence-electron chi connectivity index (χ2n) is 6.55. The van der Waals surface area contributed by atoms with Crippen molar-refractivity contribution in [3.63, 3.8) is 0 Å². The van der Waals surface area contributed by atoms with E-state index in [4.69, 9.17) is 5.10 Å². The molecule has 1 aromatic heterocycles. The van der Waals surface area contributed by atoms with Gasteiger partial charge in [0.05, 0.1) is 17.9 Å². The summed E-state index contributed by atoms with van der Waals surface area (Å²) in [4.78, 5) is 2.47. The largest absolute Gasteiger partial charge is 0.309 e. The van der Waals surface area contributed by atoms with Crippen molar-refractivity contribution in [2.75, 3.05) is 13.6 Å². The Bertz CT molecular complexity index is 637. The SMILES string of the molecule is CN(Cc1cc2n(n1)CCNC2)C1CCCc2ccccc21. The summed E-state index contributed by atoms with van der Waals surface area (Å²) < 4.78 is 2.16. The molecule has 1 N–H and O–H groups in total. The first-order valence-electron chi connectivity index (χ1n) is 8.35. The van der Waals surface area contributed by atoms with E-state index in [2.05, 4.69) is 52.3 Å². The number of fused-ring (bicyclic) bond motifs is 2. The first-order chi connectivity index (χ1) is 10.8. The van der Waals surface area contributed by atoms with Crippen LogP contribution >= 0.6 is 0 Å². The van der Waals surface area contributed by atoms with Gasteiger partial charge in [0, 0.05) is 25.7 Å². The Morgan fingerprint density at radius 2 is 2.27 bits per heavy atom. The molecular weight excluding hydrogens is 272 g/mol. The maximum absolute atomic E-state index is 4.78. The minimum absolute atomic E-state index is 0.529. The molecule has 1 aliphatic carbocycles. The molecule has 116 valence electrons. The fraction of sp³-hybridized carbons (Fsp3) is 0.500. The van der Waals surface area contributed by atoms with Crippen LogP contribution in [-0.2, 0) is 26.1 Å². The summed E-state index contributed by atoms with van der Waals surface area (Å²) in [5.41, 5.74) is 5.56. The van der Waals surface area contributed by atoms with E-state index in [9.17, 15) is 0 Å². The smallest absolute Gasteiger partial charge is 0.0768 e. The summed E-state index contributed by atoms with van der Waals surface area (Å²) in [6.45, 7) is 3.90. The lowest BCUT2D eigenvalue weighted by Gasteiger charge is -2.32. The molecule has 4 rings (SSSR count). The molecule has 2 heterocycles. The summed E-state index contributed by atoms with van der Waals surface area (Å²) in [5, 5.41) is 8.19. The first kappa shape index (κ1) is 14.0. The van der Waals surface area contributed by atoms with Gasteiger partial charge in [-0.15, -0.1) is 0 Å². The number of hydrogen-bond donors (Lipinski definition) is 1. The van der Waals surface area contributed by atoms with Crippen molar-refractivity contribution in [3.05, 3.63) is 52.8 Å². The maximum atomic E-state index is 4.78. The third kappa shape index (κ3) is 2.57. The average molecular weight is 296 g/mol. The van der Waals surface area contributed by atoms with E-state index in [0.717, 1.165) is 26.2 Å². The molecule has 0 saturated carbocycles. The number of nitrogens with one attached hydrogen (secondary N) is 1. The van der Waals surface area contributed by atoms with Crippen LogP contribution in [0.15, 0.2) is 30.3 Å². The van der Waals surface area contributed by atoms with Gasteiger partial charge in [-0.25, -0.2) is 0 Å². The highest BCUT2D eigenvalue weighted by molar-refractivity contribution is 5.32. The molecule has 0 saturated heterocycles. The average Bonchev–Trinajstić information content (AvgIpc) is 2.96. The van der Waals surface area contributed by atoms with E-state index in [1.807, 2.05) is 0 Å². The van der Waals surface area contributed by atoms with Gasteiger partial charge in [0.1, 0.15) is 0 Å². The molecule has 1 unspecified atom stereocenters. The Kier molecular flexibility index (Phi) is 3.72. The van der Waals surface area contributed by atoms with Crippen molar-refractivity contribution in [3.8, 4) is 0 Å². The van der Waals surface area contributed by atoms with Crippen LogP contribution in [0.2, 0.25) is 0 Å². The molecule has 0 bridgehead atoms. The van der Waals surface area contributed by atoms with Crippen LogP contribution in [0.25, 0.3) is 0 Å². The third-order valence-electron chi connectivity index (χ3n) is 5.00. The number of aromatic nitrogens is 2. The summed E-state index contributed by atoms with van der Waals surface area (Å²) >= 11 is 0. The Labute approximate surface area is 132 Å². The summed E-state index contributed by atoms with van der Waals surface area (Å²) in [5.74, 6) is 0. The second kappa shape index (κ2) is 5.86. The normalized spacial score (nSPS) is 20.7. The van der Waals surface area contributed by atoms with Crippen LogP contribution in [0.1, 0.15) is 41.4 Å². The molecule has 2 aliphatic rings. The molecule has 0 spiro atoms. The summed E-state index contributed by atoms with van der Waals surface area (Å²) in [7, 11) is 2.24. The van der Waals surface area contributed by atoms with Crippen LogP contribution in [0.3, 0.4) is 0 Å².